The summed E-state index contributed by atoms with van der Waals surface area (Å²) < 4.78 is 0. The van der Waals surface area contributed by atoms with E-state index in [1.807, 2.05) is 4.90 Å². The third kappa shape index (κ3) is 3.79. The molecule has 0 atom stereocenters. The second-order valence-electron chi connectivity index (χ2n) is 3.90. The van der Waals surface area contributed by atoms with Crippen molar-refractivity contribution in [2.24, 2.45) is 0 Å². The number of amides is 1. The molecule has 0 aromatic carbocycles. The lowest BCUT2D eigenvalue weighted by Crippen LogP contribution is -2.43. The number of carbonyl (C=O) groups is 1. The summed E-state index contributed by atoms with van der Waals surface area (Å²) in [5.41, 5.74) is 0. The SMILES string of the molecule is CCCCCCCCN1CCC1=O. The van der Waals surface area contributed by atoms with Gasteiger partial charge in [0.2, 0.25) is 5.91 Å². The molecule has 1 saturated heterocycles. The van der Waals surface area contributed by atoms with Gasteiger partial charge in [0.25, 0.3) is 0 Å². The van der Waals surface area contributed by atoms with E-state index in [0.717, 1.165) is 19.5 Å². The van der Waals surface area contributed by atoms with E-state index in [1.54, 1.807) is 0 Å². The molecular formula is C11H21NO. The average Bonchev–Trinajstić information content (AvgIpc) is 2.14. The predicted molar refractivity (Wildman–Crippen MR) is 54.6 cm³/mol. The van der Waals surface area contributed by atoms with Crippen LogP contribution in [0.15, 0.2) is 0 Å². The van der Waals surface area contributed by atoms with Gasteiger partial charge in [-0.1, -0.05) is 39.0 Å². The van der Waals surface area contributed by atoms with E-state index in [2.05, 4.69) is 6.92 Å². The van der Waals surface area contributed by atoms with Crippen molar-refractivity contribution in [2.75, 3.05) is 13.1 Å². The van der Waals surface area contributed by atoms with Crippen LogP contribution in [0.3, 0.4) is 0 Å². The van der Waals surface area contributed by atoms with Crippen LogP contribution in [-0.2, 0) is 4.79 Å². The topological polar surface area (TPSA) is 20.3 Å². The Balaban J connectivity index is 1.81. The summed E-state index contributed by atoms with van der Waals surface area (Å²) in [5.74, 6) is 0.355. The molecule has 2 nitrogen and oxygen atoms in total. The Bertz CT molecular complexity index is 156. The summed E-state index contributed by atoms with van der Waals surface area (Å²) in [6.45, 7) is 4.25. The molecule has 0 unspecified atom stereocenters. The van der Waals surface area contributed by atoms with E-state index in [4.69, 9.17) is 0 Å². The number of likely N-dealkylation sites (tertiary alicyclic amines) is 1. The van der Waals surface area contributed by atoms with Gasteiger partial charge in [0.15, 0.2) is 0 Å². The largest absolute Gasteiger partial charge is 0.342 e. The van der Waals surface area contributed by atoms with Gasteiger partial charge in [-0.2, -0.15) is 0 Å². The maximum atomic E-state index is 10.9. The van der Waals surface area contributed by atoms with Crippen LogP contribution in [0.5, 0.6) is 0 Å². The number of carbonyl (C=O) groups excluding carboxylic acids is 1. The van der Waals surface area contributed by atoms with Crippen LogP contribution in [0.2, 0.25) is 0 Å². The normalized spacial score (nSPS) is 16.1. The van der Waals surface area contributed by atoms with Gasteiger partial charge in [0.05, 0.1) is 0 Å². The number of β-lactam (4-membered cyclic amide) rings is 1. The van der Waals surface area contributed by atoms with Crippen molar-refractivity contribution in [1.82, 2.24) is 4.90 Å². The zero-order valence-corrected chi connectivity index (χ0v) is 8.72. The van der Waals surface area contributed by atoms with E-state index < -0.39 is 0 Å². The van der Waals surface area contributed by atoms with E-state index in [9.17, 15) is 4.79 Å². The minimum Gasteiger partial charge on any atom is -0.342 e. The first kappa shape index (κ1) is 10.6. The second-order valence-corrected chi connectivity index (χ2v) is 3.90. The highest BCUT2D eigenvalue weighted by atomic mass is 16.2. The van der Waals surface area contributed by atoms with E-state index in [-0.39, 0.29) is 0 Å². The monoisotopic (exact) mass is 183 g/mol. The minimum absolute atomic E-state index is 0.355. The summed E-state index contributed by atoms with van der Waals surface area (Å²) in [5, 5.41) is 0. The Morgan fingerprint density at radius 2 is 1.85 bits per heavy atom. The number of rotatable bonds is 7. The molecule has 0 radical (unpaired) electrons. The molecule has 0 saturated carbocycles. The summed E-state index contributed by atoms with van der Waals surface area (Å²) >= 11 is 0. The quantitative estimate of drug-likeness (QED) is 0.439. The van der Waals surface area contributed by atoms with Gasteiger partial charge < -0.3 is 4.90 Å². The van der Waals surface area contributed by atoms with Gasteiger partial charge in [0, 0.05) is 19.5 Å². The summed E-state index contributed by atoms with van der Waals surface area (Å²) in [4.78, 5) is 12.9. The van der Waals surface area contributed by atoms with E-state index >= 15 is 0 Å². The number of hydrogen-bond acceptors (Lipinski definition) is 1. The van der Waals surface area contributed by atoms with Crippen LogP contribution in [0.25, 0.3) is 0 Å². The second kappa shape index (κ2) is 6.01. The maximum Gasteiger partial charge on any atom is 0.224 e. The molecule has 1 heterocycles. The first-order chi connectivity index (χ1) is 6.34. The van der Waals surface area contributed by atoms with Crippen molar-refractivity contribution in [1.29, 1.82) is 0 Å². The summed E-state index contributed by atoms with van der Waals surface area (Å²) in [6.07, 6.45) is 8.67. The highest BCUT2D eigenvalue weighted by Crippen LogP contribution is 2.11. The molecule has 1 aliphatic heterocycles. The zero-order chi connectivity index (χ0) is 9.52. The third-order valence-electron chi connectivity index (χ3n) is 2.73. The molecule has 0 N–H and O–H groups in total. The molecule has 1 rings (SSSR count). The first-order valence-corrected chi connectivity index (χ1v) is 5.62. The van der Waals surface area contributed by atoms with Crippen LogP contribution >= 0.6 is 0 Å². The lowest BCUT2D eigenvalue weighted by atomic mass is 10.1. The van der Waals surface area contributed by atoms with Crippen molar-refractivity contribution in [3.8, 4) is 0 Å². The van der Waals surface area contributed by atoms with Gasteiger partial charge in [0.1, 0.15) is 0 Å². The van der Waals surface area contributed by atoms with Crippen LogP contribution in [0, 0.1) is 0 Å². The highest BCUT2D eigenvalue weighted by Gasteiger charge is 2.22. The third-order valence-corrected chi connectivity index (χ3v) is 2.73. The summed E-state index contributed by atoms with van der Waals surface area (Å²) in [6, 6.07) is 0. The fourth-order valence-corrected chi connectivity index (χ4v) is 1.68. The standard InChI is InChI=1S/C11H21NO/c1-2-3-4-5-6-7-9-12-10-8-11(12)13/h2-10H2,1H3. The van der Waals surface area contributed by atoms with Gasteiger partial charge in [-0.15, -0.1) is 0 Å². The van der Waals surface area contributed by atoms with Crippen LogP contribution in [0.1, 0.15) is 51.9 Å². The Kier molecular flexibility index (Phi) is 4.87. The highest BCUT2D eigenvalue weighted by molar-refractivity contribution is 5.81. The Labute approximate surface area is 81.3 Å². The minimum atomic E-state index is 0.355. The van der Waals surface area contributed by atoms with Gasteiger partial charge in [-0.05, 0) is 6.42 Å². The lowest BCUT2D eigenvalue weighted by molar-refractivity contribution is -0.139. The van der Waals surface area contributed by atoms with Crippen molar-refractivity contribution in [3.63, 3.8) is 0 Å². The fraction of sp³-hybridized carbons (Fsp3) is 0.909. The molecule has 0 aromatic rings. The Hall–Kier alpha value is -0.530. The molecule has 13 heavy (non-hydrogen) atoms. The van der Waals surface area contributed by atoms with Crippen molar-refractivity contribution in [3.05, 3.63) is 0 Å². The van der Waals surface area contributed by atoms with Gasteiger partial charge in [-0.3, -0.25) is 4.79 Å². The van der Waals surface area contributed by atoms with Crippen molar-refractivity contribution in [2.45, 2.75) is 51.9 Å². The Morgan fingerprint density at radius 1 is 1.15 bits per heavy atom. The average molecular weight is 183 g/mol. The van der Waals surface area contributed by atoms with Crippen LogP contribution in [-0.4, -0.2) is 23.9 Å². The van der Waals surface area contributed by atoms with Gasteiger partial charge >= 0.3 is 0 Å². The fourth-order valence-electron chi connectivity index (χ4n) is 1.68. The molecule has 0 aromatic heterocycles. The summed E-state index contributed by atoms with van der Waals surface area (Å²) in [7, 11) is 0. The molecule has 76 valence electrons. The van der Waals surface area contributed by atoms with Crippen molar-refractivity contribution < 1.29 is 4.79 Å². The maximum absolute atomic E-state index is 10.9. The van der Waals surface area contributed by atoms with Gasteiger partial charge in [-0.25, -0.2) is 0 Å². The molecule has 1 amide bonds. The molecule has 1 aliphatic rings. The molecule has 2 heteroatoms. The number of hydrogen-bond donors (Lipinski definition) is 0. The molecule has 0 aliphatic carbocycles. The number of nitrogens with zero attached hydrogens (tertiary/aromatic N) is 1. The van der Waals surface area contributed by atoms with Crippen LogP contribution in [0.4, 0.5) is 0 Å². The Morgan fingerprint density at radius 3 is 2.38 bits per heavy atom. The number of unbranched alkanes of at least 4 members (excludes halogenated alkanes) is 5. The molecule has 0 spiro atoms. The molecular weight excluding hydrogens is 162 g/mol. The first-order valence-electron chi connectivity index (χ1n) is 5.62. The van der Waals surface area contributed by atoms with E-state index in [0.29, 0.717) is 5.91 Å². The predicted octanol–water partition coefficient (Wildman–Crippen LogP) is 2.58. The molecule has 1 fully saturated rings. The lowest BCUT2D eigenvalue weighted by Gasteiger charge is -2.30. The molecule has 0 bridgehead atoms. The van der Waals surface area contributed by atoms with E-state index in [1.165, 1.54) is 38.5 Å². The van der Waals surface area contributed by atoms with Crippen LogP contribution < -0.4 is 0 Å². The van der Waals surface area contributed by atoms with Crippen molar-refractivity contribution >= 4 is 5.91 Å². The smallest absolute Gasteiger partial charge is 0.224 e. The zero-order valence-electron chi connectivity index (χ0n) is 8.72.